The maximum Gasteiger partial charge on any atom is 0.337 e. The van der Waals surface area contributed by atoms with Gasteiger partial charge in [-0.2, -0.15) is 0 Å². The van der Waals surface area contributed by atoms with Gasteiger partial charge < -0.3 is 24.5 Å². The lowest BCUT2D eigenvalue weighted by molar-refractivity contribution is -0.113. The number of methoxy groups -OCH3 is 3. The highest BCUT2D eigenvalue weighted by atomic mass is 32.2. The Morgan fingerprint density at radius 3 is 2.51 bits per heavy atom. The number of ether oxygens (including phenoxy) is 3. The van der Waals surface area contributed by atoms with Crippen molar-refractivity contribution in [1.29, 1.82) is 0 Å². The van der Waals surface area contributed by atoms with E-state index < -0.39 is 5.97 Å². The van der Waals surface area contributed by atoms with Gasteiger partial charge in [0.2, 0.25) is 5.91 Å². The van der Waals surface area contributed by atoms with Crippen LogP contribution in [0.5, 0.6) is 11.5 Å². The Hall–Kier alpha value is -4.77. The SMILES string of the molecule is COC(=O)c1ccc(NC(=O)CSc2nnc(-c3c[nH]c4ccccc34)n2-c2cc(OC)ccc2OC)cc1. The molecule has 5 aromatic rings. The molecule has 0 atom stereocenters. The zero-order chi connectivity index (χ0) is 27.4. The number of carbonyl (C=O) groups excluding carboxylic acids is 2. The smallest absolute Gasteiger partial charge is 0.337 e. The summed E-state index contributed by atoms with van der Waals surface area (Å²) in [6.07, 6.45) is 1.89. The minimum absolute atomic E-state index is 0.0665. The zero-order valence-corrected chi connectivity index (χ0v) is 22.2. The van der Waals surface area contributed by atoms with E-state index >= 15 is 0 Å². The monoisotopic (exact) mass is 543 g/mol. The normalized spacial score (nSPS) is 10.8. The summed E-state index contributed by atoms with van der Waals surface area (Å²) in [7, 11) is 4.50. The minimum Gasteiger partial charge on any atom is -0.497 e. The van der Waals surface area contributed by atoms with Crippen molar-refractivity contribution in [3.05, 3.63) is 78.5 Å². The first-order valence-corrected chi connectivity index (χ1v) is 12.9. The van der Waals surface area contributed by atoms with Crippen molar-refractivity contribution >= 4 is 40.2 Å². The molecule has 0 aliphatic carbocycles. The van der Waals surface area contributed by atoms with Gasteiger partial charge in [-0.25, -0.2) is 4.79 Å². The van der Waals surface area contributed by atoms with E-state index in [0.717, 1.165) is 16.5 Å². The fraction of sp³-hybridized carbons (Fsp3) is 0.143. The molecule has 0 fully saturated rings. The molecular weight excluding hydrogens is 518 g/mol. The van der Waals surface area contributed by atoms with Gasteiger partial charge in [0.15, 0.2) is 11.0 Å². The van der Waals surface area contributed by atoms with Crippen LogP contribution in [0.3, 0.4) is 0 Å². The molecule has 0 radical (unpaired) electrons. The number of anilines is 1. The van der Waals surface area contributed by atoms with Crippen LogP contribution >= 0.6 is 11.8 Å². The highest BCUT2D eigenvalue weighted by Gasteiger charge is 2.22. The summed E-state index contributed by atoms with van der Waals surface area (Å²) < 4.78 is 17.7. The van der Waals surface area contributed by atoms with Gasteiger partial charge >= 0.3 is 5.97 Å². The van der Waals surface area contributed by atoms with Crippen LogP contribution in [-0.4, -0.2) is 58.7 Å². The lowest BCUT2D eigenvalue weighted by Crippen LogP contribution is -2.15. The Kier molecular flexibility index (Phi) is 7.50. The van der Waals surface area contributed by atoms with Crippen LogP contribution in [0.1, 0.15) is 10.4 Å². The Morgan fingerprint density at radius 2 is 1.77 bits per heavy atom. The number of carbonyl (C=O) groups is 2. The molecule has 0 saturated heterocycles. The molecule has 0 saturated carbocycles. The van der Waals surface area contributed by atoms with E-state index in [4.69, 9.17) is 14.2 Å². The average molecular weight is 544 g/mol. The van der Waals surface area contributed by atoms with Gasteiger partial charge in [-0.15, -0.1) is 10.2 Å². The van der Waals surface area contributed by atoms with E-state index in [1.54, 1.807) is 38.5 Å². The van der Waals surface area contributed by atoms with E-state index in [-0.39, 0.29) is 11.7 Å². The molecule has 1 amide bonds. The first kappa shape index (κ1) is 25.9. The molecule has 2 aromatic heterocycles. The van der Waals surface area contributed by atoms with Crippen molar-refractivity contribution in [2.45, 2.75) is 5.16 Å². The van der Waals surface area contributed by atoms with Gasteiger partial charge in [0.05, 0.1) is 38.3 Å². The number of amides is 1. The van der Waals surface area contributed by atoms with Crippen LogP contribution in [0.2, 0.25) is 0 Å². The number of fused-ring (bicyclic) bond motifs is 1. The van der Waals surface area contributed by atoms with Crippen LogP contribution in [0.25, 0.3) is 28.0 Å². The number of aromatic nitrogens is 4. The number of hydrogen-bond donors (Lipinski definition) is 2. The molecular formula is C28H25N5O5S. The summed E-state index contributed by atoms with van der Waals surface area (Å²) in [6.45, 7) is 0. The molecule has 10 nitrogen and oxygen atoms in total. The van der Waals surface area contributed by atoms with Gasteiger partial charge in [0.1, 0.15) is 11.5 Å². The number of para-hydroxylation sites is 1. The van der Waals surface area contributed by atoms with Crippen molar-refractivity contribution in [1.82, 2.24) is 19.7 Å². The number of nitrogens with one attached hydrogen (secondary N) is 2. The summed E-state index contributed by atoms with van der Waals surface area (Å²) in [4.78, 5) is 27.7. The summed E-state index contributed by atoms with van der Waals surface area (Å²) in [6, 6.07) is 19.9. The predicted octanol–water partition coefficient (Wildman–Crippen LogP) is 4.95. The summed E-state index contributed by atoms with van der Waals surface area (Å²) in [5.41, 5.74) is 3.44. The van der Waals surface area contributed by atoms with E-state index in [1.165, 1.54) is 18.9 Å². The van der Waals surface area contributed by atoms with Gasteiger partial charge in [-0.1, -0.05) is 30.0 Å². The first-order chi connectivity index (χ1) is 19.0. The second kappa shape index (κ2) is 11.3. The fourth-order valence-electron chi connectivity index (χ4n) is 4.12. The molecule has 0 spiro atoms. The molecule has 11 heteroatoms. The highest BCUT2D eigenvalue weighted by molar-refractivity contribution is 7.99. The number of esters is 1. The fourth-order valence-corrected chi connectivity index (χ4v) is 4.86. The molecule has 0 aliphatic heterocycles. The third kappa shape index (κ3) is 5.30. The second-order valence-electron chi connectivity index (χ2n) is 8.33. The molecule has 0 aliphatic rings. The molecule has 2 N–H and O–H groups in total. The highest BCUT2D eigenvalue weighted by Crippen LogP contribution is 2.37. The van der Waals surface area contributed by atoms with Crippen LogP contribution < -0.4 is 14.8 Å². The first-order valence-electron chi connectivity index (χ1n) is 11.9. The van der Waals surface area contributed by atoms with Crippen LogP contribution in [-0.2, 0) is 9.53 Å². The van der Waals surface area contributed by atoms with E-state index in [9.17, 15) is 9.59 Å². The van der Waals surface area contributed by atoms with Gasteiger partial charge in [-0.05, 0) is 42.5 Å². The Morgan fingerprint density at radius 1 is 0.974 bits per heavy atom. The van der Waals surface area contributed by atoms with Crippen molar-refractivity contribution in [3.8, 4) is 28.6 Å². The number of H-pyrrole nitrogens is 1. The van der Waals surface area contributed by atoms with Crippen molar-refractivity contribution in [3.63, 3.8) is 0 Å². The van der Waals surface area contributed by atoms with Crippen molar-refractivity contribution < 1.29 is 23.8 Å². The third-order valence-electron chi connectivity index (χ3n) is 6.01. The Labute approximate surface area is 228 Å². The van der Waals surface area contributed by atoms with Crippen molar-refractivity contribution in [2.24, 2.45) is 0 Å². The van der Waals surface area contributed by atoms with Crippen LogP contribution in [0.4, 0.5) is 5.69 Å². The summed E-state index contributed by atoms with van der Waals surface area (Å²) in [5, 5.41) is 13.3. The molecule has 2 heterocycles. The predicted molar refractivity (Wildman–Crippen MR) is 149 cm³/mol. The Balaban J connectivity index is 1.47. The minimum atomic E-state index is -0.443. The van der Waals surface area contributed by atoms with Crippen molar-refractivity contribution in [2.75, 3.05) is 32.4 Å². The van der Waals surface area contributed by atoms with Crippen LogP contribution in [0.15, 0.2) is 78.1 Å². The summed E-state index contributed by atoms with van der Waals surface area (Å²) in [5.74, 6) is 1.19. The summed E-state index contributed by atoms with van der Waals surface area (Å²) >= 11 is 1.23. The quantitative estimate of drug-likeness (QED) is 0.198. The molecule has 198 valence electrons. The maximum atomic E-state index is 12.8. The number of aromatic amines is 1. The number of nitrogens with zero attached hydrogens (tertiary/aromatic N) is 3. The van der Waals surface area contributed by atoms with E-state index in [0.29, 0.717) is 39.4 Å². The van der Waals surface area contributed by atoms with Gasteiger partial charge in [0.25, 0.3) is 0 Å². The molecule has 0 unspecified atom stereocenters. The van der Waals surface area contributed by atoms with Gasteiger partial charge in [-0.3, -0.25) is 9.36 Å². The second-order valence-corrected chi connectivity index (χ2v) is 9.28. The van der Waals surface area contributed by atoms with Gasteiger partial charge in [0, 0.05) is 34.4 Å². The number of thioether (sulfide) groups is 1. The van der Waals surface area contributed by atoms with Crippen LogP contribution in [0, 0.1) is 0 Å². The average Bonchev–Trinajstić information content (AvgIpc) is 3.59. The Bertz CT molecular complexity index is 1640. The lowest BCUT2D eigenvalue weighted by atomic mass is 10.1. The standard InChI is InChI=1S/C28H25N5O5S/c1-36-19-12-13-24(37-2)23(14-19)33-26(21-15-29-22-7-5-4-6-20(21)22)31-32-28(33)39-16-25(34)30-18-10-8-17(9-11-18)27(35)38-3/h4-15,29H,16H2,1-3H3,(H,30,34). The topological polar surface area (TPSA) is 120 Å². The number of hydrogen-bond acceptors (Lipinski definition) is 8. The third-order valence-corrected chi connectivity index (χ3v) is 6.94. The van der Waals surface area contributed by atoms with E-state index in [2.05, 4.69) is 20.5 Å². The number of rotatable bonds is 9. The van der Waals surface area contributed by atoms with E-state index in [1.807, 2.05) is 53.2 Å². The zero-order valence-electron chi connectivity index (χ0n) is 21.4. The maximum absolute atomic E-state index is 12.8. The molecule has 0 bridgehead atoms. The largest absolute Gasteiger partial charge is 0.497 e. The molecule has 3 aromatic carbocycles. The molecule has 5 rings (SSSR count). The number of benzene rings is 3. The molecule has 39 heavy (non-hydrogen) atoms. The lowest BCUT2D eigenvalue weighted by Gasteiger charge is -2.15.